The number of rotatable bonds is 3. The van der Waals surface area contributed by atoms with E-state index in [9.17, 15) is 14.4 Å². The van der Waals surface area contributed by atoms with Crippen molar-refractivity contribution in [2.24, 2.45) is 0 Å². The van der Waals surface area contributed by atoms with Crippen molar-refractivity contribution in [1.82, 2.24) is 4.90 Å². The molecule has 0 spiro atoms. The molecule has 0 fully saturated rings. The maximum Gasteiger partial charge on any atom is 0.411 e. The van der Waals surface area contributed by atoms with E-state index in [-0.39, 0.29) is 18.8 Å². The monoisotopic (exact) mass is 271 g/mol. The molecule has 7 nitrogen and oxygen atoms in total. The second-order valence-electron chi connectivity index (χ2n) is 4.92. The van der Waals surface area contributed by atoms with Crippen LogP contribution in [0.15, 0.2) is 11.8 Å². The van der Waals surface area contributed by atoms with Crippen molar-refractivity contribution < 1.29 is 28.6 Å². The zero-order chi connectivity index (χ0) is 14.6. The Morgan fingerprint density at radius 1 is 1.42 bits per heavy atom. The maximum atomic E-state index is 12.0. The summed E-state index contributed by atoms with van der Waals surface area (Å²) in [5.41, 5.74) is -0.688. The maximum absolute atomic E-state index is 12.0. The molecule has 0 radical (unpaired) electrons. The highest BCUT2D eigenvalue weighted by atomic mass is 16.6. The van der Waals surface area contributed by atoms with Gasteiger partial charge in [-0.05, 0) is 26.8 Å². The van der Waals surface area contributed by atoms with E-state index in [4.69, 9.17) is 4.74 Å². The molecule has 0 saturated heterocycles. The van der Waals surface area contributed by atoms with Crippen LogP contribution in [0.4, 0.5) is 4.79 Å². The van der Waals surface area contributed by atoms with Crippen molar-refractivity contribution >= 4 is 18.5 Å². The van der Waals surface area contributed by atoms with E-state index in [1.807, 2.05) is 0 Å². The minimum Gasteiger partial charge on any atom is -0.467 e. The van der Waals surface area contributed by atoms with Crippen LogP contribution in [0, 0.1) is 0 Å². The van der Waals surface area contributed by atoms with Gasteiger partial charge in [0.25, 0.3) is 6.47 Å². The van der Waals surface area contributed by atoms with Gasteiger partial charge in [-0.3, -0.25) is 9.69 Å². The molecule has 0 bridgehead atoms. The molecular weight excluding hydrogens is 254 g/mol. The first kappa shape index (κ1) is 15.0. The van der Waals surface area contributed by atoms with Crippen molar-refractivity contribution in [3.8, 4) is 0 Å². The van der Waals surface area contributed by atoms with Crippen LogP contribution in [-0.4, -0.2) is 48.7 Å². The Morgan fingerprint density at radius 3 is 2.53 bits per heavy atom. The number of nitrogens with zero attached hydrogens (tertiary/aromatic N) is 1. The van der Waals surface area contributed by atoms with E-state index < -0.39 is 23.7 Å². The summed E-state index contributed by atoms with van der Waals surface area (Å²) in [5, 5.41) is 0. The van der Waals surface area contributed by atoms with E-state index >= 15 is 0 Å². The van der Waals surface area contributed by atoms with Crippen LogP contribution in [0.3, 0.4) is 0 Å². The van der Waals surface area contributed by atoms with Gasteiger partial charge in [-0.1, -0.05) is 0 Å². The molecule has 1 aliphatic rings. The molecule has 1 aliphatic heterocycles. The third-order valence-corrected chi connectivity index (χ3v) is 2.28. The quantitative estimate of drug-likeness (QED) is 0.429. The summed E-state index contributed by atoms with van der Waals surface area (Å²) in [5.74, 6) is -0.424. The lowest BCUT2D eigenvalue weighted by atomic mass is 10.2. The van der Waals surface area contributed by atoms with Gasteiger partial charge in [0.05, 0.1) is 13.7 Å². The highest BCUT2D eigenvalue weighted by molar-refractivity contribution is 5.84. The minimum atomic E-state index is -0.949. The molecule has 19 heavy (non-hydrogen) atoms. The van der Waals surface area contributed by atoms with Gasteiger partial charge in [0.1, 0.15) is 11.4 Å². The predicted molar refractivity (Wildman–Crippen MR) is 64.0 cm³/mol. The molecule has 0 aromatic carbocycles. The van der Waals surface area contributed by atoms with Crippen LogP contribution in [-0.2, 0) is 23.8 Å². The zero-order valence-electron chi connectivity index (χ0n) is 11.3. The number of ether oxygens (including phenoxy) is 3. The standard InChI is InChI=1S/C12H17NO6/c1-12(2,3)19-11(16)13-6-8(18-7-14)5-9(13)10(15)17-4/h5,7,9H,6H2,1-4H3/t9-/m1/s1. The van der Waals surface area contributed by atoms with Crippen LogP contribution >= 0.6 is 0 Å². The summed E-state index contributed by atoms with van der Waals surface area (Å²) in [6.45, 7) is 5.35. The smallest absolute Gasteiger partial charge is 0.411 e. The van der Waals surface area contributed by atoms with Crippen molar-refractivity contribution in [3.05, 3.63) is 11.8 Å². The Morgan fingerprint density at radius 2 is 2.05 bits per heavy atom. The van der Waals surface area contributed by atoms with Crippen LogP contribution < -0.4 is 0 Å². The largest absolute Gasteiger partial charge is 0.467 e. The molecule has 0 aromatic heterocycles. The highest BCUT2D eigenvalue weighted by Crippen LogP contribution is 2.21. The van der Waals surface area contributed by atoms with Gasteiger partial charge in [-0.25, -0.2) is 9.59 Å². The van der Waals surface area contributed by atoms with E-state index in [0.29, 0.717) is 0 Å². The molecule has 1 amide bonds. The molecule has 0 aromatic rings. The van der Waals surface area contributed by atoms with Crippen molar-refractivity contribution in [1.29, 1.82) is 0 Å². The number of hydrogen-bond donors (Lipinski definition) is 0. The Bertz CT molecular complexity index is 409. The summed E-state index contributed by atoms with van der Waals surface area (Å²) >= 11 is 0. The van der Waals surface area contributed by atoms with E-state index in [1.54, 1.807) is 20.8 Å². The normalized spacial score (nSPS) is 18.6. The summed E-state index contributed by atoms with van der Waals surface area (Å²) < 4.78 is 14.4. The number of carbonyl (C=O) groups excluding carboxylic acids is 3. The lowest BCUT2D eigenvalue weighted by Gasteiger charge is -2.27. The van der Waals surface area contributed by atoms with Crippen LogP contribution in [0.25, 0.3) is 0 Å². The molecule has 106 valence electrons. The third kappa shape index (κ3) is 3.97. The molecule has 0 aliphatic carbocycles. The molecule has 7 heteroatoms. The Labute approximate surface area is 111 Å². The number of methoxy groups -OCH3 is 1. The Kier molecular flexibility index (Phi) is 4.52. The molecule has 1 heterocycles. The third-order valence-electron chi connectivity index (χ3n) is 2.28. The van der Waals surface area contributed by atoms with Crippen molar-refractivity contribution in [2.45, 2.75) is 32.4 Å². The van der Waals surface area contributed by atoms with Gasteiger partial charge >= 0.3 is 12.1 Å². The second kappa shape index (κ2) is 5.73. The first-order chi connectivity index (χ1) is 8.78. The number of carbonyl (C=O) groups is 3. The molecule has 0 unspecified atom stereocenters. The molecular formula is C12H17NO6. The van der Waals surface area contributed by atoms with Crippen LogP contribution in [0.5, 0.6) is 0 Å². The predicted octanol–water partition coefficient (Wildman–Crippen LogP) is 0.836. The Balaban J connectivity index is 2.85. The fourth-order valence-electron chi connectivity index (χ4n) is 1.54. The van der Waals surface area contributed by atoms with E-state index in [1.165, 1.54) is 13.2 Å². The average Bonchev–Trinajstić information content (AvgIpc) is 2.70. The van der Waals surface area contributed by atoms with Crippen molar-refractivity contribution in [2.75, 3.05) is 13.7 Å². The average molecular weight is 271 g/mol. The summed E-state index contributed by atoms with van der Waals surface area (Å²) in [6.07, 6.45) is 0.674. The Hall–Kier alpha value is -2.05. The first-order valence-electron chi connectivity index (χ1n) is 5.67. The minimum absolute atomic E-state index is 0.0204. The first-order valence-corrected chi connectivity index (χ1v) is 5.67. The van der Waals surface area contributed by atoms with Crippen molar-refractivity contribution in [3.63, 3.8) is 0 Å². The molecule has 0 N–H and O–H groups in total. The lowest BCUT2D eigenvalue weighted by molar-refractivity contribution is -0.144. The van der Waals surface area contributed by atoms with E-state index in [2.05, 4.69) is 9.47 Å². The molecule has 1 rings (SSSR count). The topological polar surface area (TPSA) is 82.1 Å². The lowest BCUT2D eigenvalue weighted by Crippen LogP contribution is -2.44. The van der Waals surface area contributed by atoms with Gasteiger partial charge in [0.15, 0.2) is 6.04 Å². The fraction of sp³-hybridized carbons (Fsp3) is 0.583. The SMILES string of the molecule is COC(=O)[C@H]1C=C(OC=O)CN1C(=O)OC(C)(C)C. The van der Waals surface area contributed by atoms with Gasteiger partial charge in [0, 0.05) is 0 Å². The number of hydrogen-bond acceptors (Lipinski definition) is 6. The summed E-state index contributed by atoms with van der Waals surface area (Å²) in [6, 6.07) is -0.949. The molecule has 1 atom stereocenters. The van der Waals surface area contributed by atoms with Gasteiger partial charge in [-0.2, -0.15) is 0 Å². The number of esters is 1. The molecule has 0 saturated carbocycles. The van der Waals surface area contributed by atoms with Gasteiger partial charge in [0.2, 0.25) is 0 Å². The fourth-order valence-corrected chi connectivity index (χ4v) is 1.54. The van der Waals surface area contributed by atoms with E-state index in [0.717, 1.165) is 4.90 Å². The van der Waals surface area contributed by atoms with Crippen LogP contribution in [0.1, 0.15) is 20.8 Å². The zero-order valence-corrected chi connectivity index (χ0v) is 11.3. The summed E-state index contributed by atoms with van der Waals surface area (Å²) in [7, 11) is 1.21. The van der Waals surface area contributed by atoms with Gasteiger partial charge in [-0.15, -0.1) is 0 Å². The van der Waals surface area contributed by atoms with Crippen LogP contribution in [0.2, 0.25) is 0 Å². The van der Waals surface area contributed by atoms with Gasteiger partial charge < -0.3 is 14.2 Å². The number of amides is 1. The second-order valence-corrected chi connectivity index (χ2v) is 4.92. The summed E-state index contributed by atoms with van der Waals surface area (Å²) in [4.78, 5) is 35.0. The highest BCUT2D eigenvalue weighted by Gasteiger charge is 2.38.